The molecule has 11 heteroatoms. The highest BCUT2D eigenvalue weighted by molar-refractivity contribution is 6.61. The summed E-state index contributed by atoms with van der Waals surface area (Å²) < 4.78 is 26.8. The highest BCUT2D eigenvalue weighted by Crippen LogP contribution is 2.69. The molecule has 9 nitrogen and oxygen atoms in total. The van der Waals surface area contributed by atoms with E-state index in [9.17, 15) is 24.8 Å². The van der Waals surface area contributed by atoms with Crippen molar-refractivity contribution >= 4 is 30.5 Å². The highest BCUT2D eigenvalue weighted by Gasteiger charge is 2.69. The Kier molecular flexibility index (Phi) is 7.32. The lowest BCUT2D eigenvalue weighted by Crippen LogP contribution is -2.64. The molecule has 0 radical (unpaired) electrons. The summed E-state index contributed by atoms with van der Waals surface area (Å²) in [5.74, 6) is -3.99. The van der Waals surface area contributed by atoms with Crippen LogP contribution in [0.1, 0.15) is 65.4 Å². The Morgan fingerprint density at radius 1 is 1.30 bits per heavy atom. The highest BCUT2D eigenvalue weighted by atomic mass is 19.1. The lowest BCUT2D eigenvalue weighted by atomic mass is 9.41. The summed E-state index contributed by atoms with van der Waals surface area (Å²) in [6.45, 7) is 7.88. The molecule has 1 unspecified atom stereocenters. The Balaban J connectivity index is 1.68. The molecular weight excluding hydrogens is 520 g/mol. The molecule has 2 bridgehead atoms. The molecule has 0 amide bonds. The van der Waals surface area contributed by atoms with E-state index in [0.717, 1.165) is 12.8 Å². The molecule has 3 aliphatic carbocycles. The van der Waals surface area contributed by atoms with Crippen LogP contribution in [0.15, 0.2) is 17.3 Å². The van der Waals surface area contributed by atoms with Gasteiger partial charge in [-0.05, 0) is 60.0 Å². The van der Waals surface area contributed by atoms with Crippen molar-refractivity contribution in [1.29, 1.82) is 0 Å². The van der Waals surface area contributed by atoms with Gasteiger partial charge in [0.05, 0.1) is 18.9 Å². The summed E-state index contributed by atoms with van der Waals surface area (Å²) >= 11 is 0. The van der Waals surface area contributed by atoms with Gasteiger partial charge in [-0.2, -0.15) is 0 Å². The number of hydrogen-bond acceptors (Lipinski definition) is 8. The zero-order valence-electron chi connectivity index (χ0n) is 23.7. The molecule has 0 saturated heterocycles. The second-order valence-electron chi connectivity index (χ2n) is 12.9. The minimum absolute atomic E-state index is 0.0351. The molecule has 3 N–H and O–H groups in total. The van der Waals surface area contributed by atoms with E-state index in [4.69, 9.17) is 14.2 Å². The van der Waals surface area contributed by atoms with Crippen LogP contribution < -0.4 is 10.2 Å². The van der Waals surface area contributed by atoms with E-state index >= 15 is 4.39 Å². The normalized spacial score (nSPS) is 39.9. The fraction of sp³-hybridized carbons (Fsp3) is 0.690. The minimum Gasteiger partial charge on any atom is -0.478 e. The van der Waals surface area contributed by atoms with Crippen molar-refractivity contribution in [1.82, 2.24) is 0 Å². The lowest BCUT2D eigenvalue weighted by Gasteiger charge is -2.62. The quantitative estimate of drug-likeness (QED) is 0.275. The first-order chi connectivity index (χ1) is 18.8. The van der Waals surface area contributed by atoms with Gasteiger partial charge >= 0.3 is 13.1 Å². The van der Waals surface area contributed by atoms with Crippen molar-refractivity contribution in [3.63, 3.8) is 0 Å². The molecule has 218 valence electrons. The molecule has 1 aromatic carbocycles. The Morgan fingerprint density at radius 2 is 2.02 bits per heavy atom. The maximum atomic E-state index is 15.6. The van der Waals surface area contributed by atoms with E-state index in [-0.39, 0.29) is 41.9 Å². The first-order valence-electron chi connectivity index (χ1n) is 14.1. The van der Waals surface area contributed by atoms with Crippen LogP contribution in [0.3, 0.4) is 0 Å². The van der Waals surface area contributed by atoms with E-state index in [1.165, 1.54) is 19.4 Å². The molecule has 0 spiro atoms. The first kappa shape index (κ1) is 29.0. The lowest BCUT2D eigenvalue weighted by molar-refractivity contribution is -0.191. The van der Waals surface area contributed by atoms with Crippen LogP contribution >= 0.6 is 0 Å². The average molecular weight is 559 g/mol. The summed E-state index contributed by atoms with van der Waals surface area (Å²) in [4.78, 5) is 31.7. The number of oxime groups is 1. The van der Waals surface area contributed by atoms with Crippen molar-refractivity contribution < 1.29 is 43.4 Å². The fourth-order valence-corrected chi connectivity index (χ4v) is 8.81. The van der Waals surface area contributed by atoms with Crippen LogP contribution in [0.4, 0.5) is 4.39 Å². The zero-order valence-corrected chi connectivity index (χ0v) is 23.7. The molecular formula is C29H39BFNO8. The topological polar surface area (TPSA) is 135 Å². The maximum Gasteiger partial charge on any atom is 0.494 e. The number of fused-ring (bicyclic) bond motifs is 1. The van der Waals surface area contributed by atoms with Gasteiger partial charge in [0.25, 0.3) is 0 Å². The van der Waals surface area contributed by atoms with Crippen LogP contribution in [0, 0.1) is 45.7 Å². The number of ketones is 1. The summed E-state index contributed by atoms with van der Waals surface area (Å²) in [5.41, 5.74) is -1.98. The number of hydrogen-bond donors (Lipinski definition) is 3. The number of nitrogens with zero attached hydrogens (tertiary/aromatic N) is 1. The van der Waals surface area contributed by atoms with Gasteiger partial charge in [0.2, 0.25) is 0 Å². The van der Waals surface area contributed by atoms with Crippen molar-refractivity contribution in [2.24, 2.45) is 45.1 Å². The van der Waals surface area contributed by atoms with Crippen molar-refractivity contribution in [2.45, 2.75) is 78.6 Å². The largest absolute Gasteiger partial charge is 0.494 e. The SMILES string of the molecule is CO/N=C\[C@]1(C)C[C@@H](C(Oc2ccc3c(c2F)B(O)OC3)C(=O)O)[C@@]2(C)[C@H](C)CC[C@]3(CCC(=O)[C@H]32)[C@@H](C)[C@@H]1O. The number of rotatable bonds is 6. The van der Waals surface area contributed by atoms with E-state index in [1.54, 1.807) is 6.07 Å². The minimum atomic E-state index is -1.56. The smallest absolute Gasteiger partial charge is 0.478 e. The van der Waals surface area contributed by atoms with Gasteiger partial charge in [0, 0.05) is 29.1 Å². The number of Topliss-reactive ketones (excluding diaryl/α,β-unsaturated/α-hetero) is 1. The van der Waals surface area contributed by atoms with Gasteiger partial charge in [-0.3, -0.25) is 4.79 Å². The number of carboxylic acid groups (broad SMARTS) is 1. The second kappa shape index (κ2) is 10.1. The van der Waals surface area contributed by atoms with Crippen LogP contribution in [0.2, 0.25) is 0 Å². The summed E-state index contributed by atoms with van der Waals surface area (Å²) in [6, 6.07) is 2.91. The second-order valence-corrected chi connectivity index (χ2v) is 12.9. The van der Waals surface area contributed by atoms with Gasteiger partial charge in [-0.25, -0.2) is 9.18 Å². The average Bonchev–Trinajstić information content (AvgIpc) is 3.47. The predicted octanol–water partition coefficient (Wildman–Crippen LogP) is 2.93. The number of carbonyl (C=O) groups is 2. The Labute approximate surface area is 234 Å². The number of aliphatic hydroxyl groups excluding tert-OH is 1. The standard InChI is InChI=1S/C29H39BFNO8/c1-15-8-10-29-11-9-19(33)24(29)28(15,4)18(12-27(3,14-32-38-5)25(34)16(29)2)23(26(35)36)40-20-7-6-17-13-39-30(37)21(17)22(20)31/h6-7,14-16,18,23-25,34,37H,8-13H2,1-5H3,(H,35,36)/b32-14-/t15-,16+,18+,23?,24+,25+,27+,28-,29+/m1/s1. The predicted molar refractivity (Wildman–Crippen MR) is 144 cm³/mol. The van der Waals surface area contributed by atoms with Gasteiger partial charge in [-0.1, -0.05) is 38.9 Å². The molecule has 0 aromatic heterocycles. The molecule has 5 rings (SSSR count). The van der Waals surface area contributed by atoms with Crippen molar-refractivity contribution in [3.8, 4) is 5.75 Å². The molecule has 1 aromatic rings. The number of carboxylic acids is 1. The Bertz CT molecular complexity index is 1230. The maximum absolute atomic E-state index is 15.6. The Hall–Kier alpha value is -2.50. The van der Waals surface area contributed by atoms with Gasteiger partial charge in [0.1, 0.15) is 12.9 Å². The van der Waals surface area contributed by atoms with Crippen LogP contribution in [-0.4, -0.2) is 59.6 Å². The summed E-state index contributed by atoms with van der Waals surface area (Å²) in [5, 5.41) is 36.7. The third-order valence-corrected chi connectivity index (χ3v) is 11.2. The van der Waals surface area contributed by atoms with E-state index in [2.05, 4.69) is 5.16 Å². The number of benzene rings is 1. The molecule has 4 aliphatic rings. The Morgan fingerprint density at radius 3 is 2.70 bits per heavy atom. The van der Waals surface area contributed by atoms with Crippen LogP contribution in [-0.2, 0) is 25.7 Å². The zero-order chi connectivity index (χ0) is 29.2. The molecule has 3 fully saturated rings. The van der Waals surface area contributed by atoms with Crippen molar-refractivity contribution in [2.75, 3.05) is 7.11 Å². The molecule has 1 heterocycles. The molecule has 1 aliphatic heterocycles. The number of aliphatic carboxylic acids is 1. The van der Waals surface area contributed by atoms with Crippen molar-refractivity contribution in [3.05, 3.63) is 23.5 Å². The summed E-state index contributed by atoms with van der Waals surface area (Å²) in [6.07, 6.45) is 1.64. The van der Waals surface area contributed by atoms with Gasteiger partial charge < -0.3 is 29.5 Å². The molecule has 40 heavy (non-hydrogen) atoms. The number of carbonyl (C=O) groups excluding carboxylic acids is 1. The third kappa shape index (κ3) is 4.10. The monoisotopic (exact) mass is 559 g/mol. The first-order valence-corrected chi connectivity index (χ1v) is 14.1. The van der Waals surface area contributed by atoms with E-state index in [1.807, 2.05) is 27.7 Å². The molecule has 9 atom stereocenters. The van der Waals surface area contributed by atoms with E-state index in [0.29, 0.717) is 18.4 Å². The molecule has 3 saturated carbocycles. The number of halogens is 1. The number of ether oxygens (including phenoxy) is 1. The third-order valence-electron chi connectivity index (χ3n) is 11.2. The van der Waals surface area contributed by atoms with Gasteiger partial charge in [-0.15, -0.1) is 0 Å². The fourth-order valence-electron chi connectivity index (χ4n) is 8.81. The van der Waals surface area contributed by atoms with Gasteiger partial charge in [0.15, 0.2) is 17.7 Å². The summed E-state index contributed by atoms with van der Waals surface area (Å²) in [7, 11) is -0.0720. The number of aliphatic hydroxyl groups is 1. The van der Waals surface area contributed by atoms with E-state index < -0.39 is 59.2 Å². The van der Waals surface area contributed by atoms with Crippen LogP contribution in [0.5, 0.6) is 5.75 Å². The van der Waals surface area contributed by atoms with Crippen LogP contribution in [0.25, 0.3) is 0 Å².